The lowest BCUT2D eigenvalue weighted by molar-refractivity contribution is -0.136. The van der Waals surface area contributed by atoms with E-state index in [2.05, 4.69) is 26.2 Å². The molecule has 26 heavy (non-hydrogen) atoms. The summed E-state index contributed by atoms with van der Waals surface area (Å²) in [5, 5.41) is 17.3. The van der Waals surface area contributed by atoms with Crippen molar-refractivity contribution in [2.24, 2.45) is 7.05 Å². The molecule has 2 aromatic rings. The van der Waals surface area contributed by atoms with Crippen molar-refractivity contribution in [3.8, 4) is 0 Å². The van der Waals surface area contributed by atoms with Crippen LogP contribution in [0.5, 0.6) is 0 Å². The Morgan fingerprint density at radius 3 is 2.81 bits per heavy atom. The lowest BCUT2D eigenvalue weighted by atomic mass is 9.92. The van der Waals surface area contributed by atoms with Crippen LogP contribution in [0.1, 0.15) is 17.2 Å². The number of aromatic nitrogens is 4. The average molecular weight is 374 g/mol. The number of esters is 1. The summed E-state index contributed by atoms with van der Waals surface area (Å²) in [5.74, 6) is -0.188. The molecule has 0 saturated heterocycles. The van der Waals surface area contributed by atoms with E-state index in [1.807, 2.05) is 31.2 Å². The number of aryl methyl sites for hydroxylation is 2. The number of urea groups is 1. The number of tetrazole rings is 1. The SMILES string of the molecule is COC(=O)C1=C(CSc2nnnn2C)NC(=O)NC1c1ccccc1C. The van der Waals surface area contributed by atoms with Crippen molar-refractivity contribution in [2.45, 2.75) is 18.1 Å². The highest BCUT2D eigenvalue weighted by Crippen LogP contribution is 2.31. The van der Waals surface area contributed by atoms with Gasteiger partial charge in [0, 0.05) is 18.5 Å². The Kier molecular flexibility index (Phi) is 5.21. The molecule has 1 aliphatic heterocycles. The minimum Gasteiger partial charge on any atom is -0.466 e. The molecule has 1 atom stereocenters. The fourth-order valence-electron chi connectivity index (χ4n) is 2.71. The molecule has 1 aromatic heterocycles. The number of amides is 2. The fraction of sp³-hybridized carbons (Fsp3) is 0.312. The van der Waals surface area contributed by atoms with Crippen LogP contribution in [0.15, 0.2) is 40.7 Å². The van der Waals surface area contributed by atoms with Crippen LogP contribution in [-0.4, -0.2) is 45.1 Å². The highest BCUT2D eigenvalue weighted by molar-refractivity contribution is 7.99. The molecule has 9 nitrogen and oxygen atoms in total. The molecule has 0 fully saturated rings. The number of carbonyl (C=O) groups excluding carboxylic acids is 2. The molecular formula is C16H18N6O3S. The molecule has 2 N–H and O–H groups in total. The molecule has 0 radical (unpaired) electrons. The van der Waals surface area contributed by atoms with Gasteiger partial charge in [0.25, 0.3) is 0 Å². The highest BCUT2D eigenvalue weighted by Gasteiger charge is 2.34. The molecule has 3 rings (SSSR count). The number of benzene rings is 1. The first-order valence-corrected chi connectivity index (χ1v) is 8.79. The summed E-state index contributed by atoms with van der Waals surface area (Å²) in [6.45, 7) is 1.93. The third-order valence-electron chi connectivity index (χ3n) is 3.99. The number of nitrogens with zero attached hydrogens (tertiary/aromatic N) is 4. The van der Waals surface area contributed by atoms with Gasteiger partial charge in [0.2, 0.25) is 5.16 Å². The van der Waals surface area contributed by atoms with Gasteiger partial charge in [0.05, 0.1) is 18.7 Å². The second-order valence-corrected chi connectivity index (χ2v) is 6.59. The van der Waals surface area contributed by atoms with Crippen LogP contribution in [-0.2, 0) is 16.6 Å². The maximum Gasteiger partial charge on any atom is 0.338 e. The Balaban J connectivity index is 2.00. The smallest absolute Gasteiger partial charge is 0.338 e. The molecule has 1 aliphatic rings. The number of hydrogen-bond donors (Lipinski definition) is 2. The summed E-state index contributed by atoms with van der Waals surface area (Å²) >= 11 is 1.31. The van der Waals surface area contributed by atoms with Gasteiger partial charge in [0.15, 0.2) is 0 Å². The second kappa shape index (κ2) is 7.56. The number of ether oxygens (including phenoxy) is 1. The van der Waals surface area contributed by atoms with E-state index in [0.717, 1.165) is 11.1 Å². The zero-order valence-electron chi connectivity index (χ0n) is 14.5. The zero-order chi connectivity index (χ0) is 18.7. The van der Waals surface area contributed by atoms with Gasteiger partial charge in [-0.05, 0) is 28.5 Å². The van der Waals surface area contributed by atoms with Crippen LogP contribution in [0.2, 0.25) is 0 Å². The zero-order valence-corrected chi connectivity index (χ0v) is 15.3. The summed E-state index contributed by atoms with van der Waals surface area (Å²) < 4.78 is 6.48. The Bertz CT molecular complexity index is 878. The Morgan fingerprint density at radius 2 is 2.15 bits per heavy atom. The van der Waals surface area contributed by atoms with Gasteiger partial charge in [0.1, 0.15) is 0 Å². The first kappa shape index (κ1) is 17.9. The first-order valence-electron chi connectivity index (χ1n) is 7.80. The third-order valence-corrected chi connectivity index (χ3v) is 5.02. The first-order chi connectivity index (χ1) is 12.5. The van der Waals surface area contributed by atoms with E-state index in [9.17, 15) is 9.59 Å². The van der Waals surface area contributed by atoms with Gasteiger partial charge in [-0.3, -0.25) is 0 Å². The van der Waals surface area contributed by atoms with Crippen LogP contribution in [0.3, 0.4) is 0 Å². The van der Waals surface area contributed by atoms with Gasteiger partial charge in [-0.15, -0.1) is 5.10 Å². The summed E-state index contributed by atoms with van der Waals surface area (Å²) in [7, 11) is 3.03. The summed E-state index contributed by atoms with van der Waals surface area (Å²) in [5.41, 5.74) is 2.64. The molecule has 1 aromatic carbocycles. The van der Waals surface area contributed by atoms with Gasteiger partial charge in [-0.25, -0.2) is 14.3 Å². The van der Waals surface area contributed by atoms with E-state index in [0.29, 0.717) is 22.2 Å². The fourth-order valence-corrected chi connectivity index (χ4v) is 3.53. The van der Waals surface area contributed by atoms with Gasteiger partial charge < -0.3 is 15.4 Å². The number of thioether (sulfide) groups is 1. The number of methoxy groups -OCH3 is 1. The molecule has 0 saturated carbocycles. The predicted octanol–water partition coefficient (Wildman–Crippen LogP) is 1.09. The molecular weight excluding hydrogens is 356 g/mol. The van der Waals surface area contributed by atoms with Gasteiger partial charge in [-0.2, -0.15) is 0 Å². The molecule has 1 unspecified atom stereocenters. The van der Waals surface area contributed by atoms with E-state index in [4.69, 9.17) is 4.74 Å². The van der Waals surface area contributed by atoms with Crippen LogP contribution < -0.4 is 10.6 Å². The number of hydrogen-bond acceptors (Lipinski definition) is 7. The Morgan fingerprint density at radius 1 is 1.38 bits per heavy atom. The molecule has 10 heteroatoms. The van der Waals surface area contributed by atoms with E-state index in [1.165, 1.54) is 23.6 Å². The highest BCUT2D eigenvalue weighted by atomic mass is 32.2. The van der Waals surface area contributed by atoms with Crippen LogP contribution in [0.4, 0.5) is 4.79 Å². The van der Waals surface area contributed by atoms with Crippen molar-refractivity contribution in [3.63, 3.8) is 0 Å². The van der Waals surface area contributed by atoms with Crippen molar-refractivity contribution < 1.29 is 14.3 Å². The van der Waals surface area contributed by atoms with Gasteiger partial charge >= 0.3 is 12.0 Å². The standard InChI is InChI=1S/C16H18N6O3S/c1-9-6-4-5-7-10(9)13-12(14(23)25-3)11(17-15(24)18-13)8-26-16-19-20-21-22(16)2/h4-7,13H,8H2,1-3H3,(H2,17,18,24). The molecule has 2 amide bonds. The minimum atomic E-state index is -0.592. The van der Waals surface area contributed by atoms with Crippen molar-refractivity contribution in [3.05, 3.63) is 46.7 Å². The molecule has 0 spiro atoms. The minimum absolute atomic E-state index is 0.314. The second-order valence-electron chi connectivity index (χ2n) is 5.65. The molecule has 0 bridgehead atoms. The Hall–Kier alpha value is -2.88. The third kappa shape index (κ3) is 3.54. The summed E-state index contributed by atoms with van der Waals surface area (Å²) in [4.78, 5) is 24.7. The maximum atomic E-state index is 12.5. The molecule has 136 valence electrons. The lowest BCUT2D eigenvalue weighted by Crippen LogP contribution is -2.46. The van der Waals surface area contributed by atoms with E-state index in [1.54, 1.807) is 7.05 Å². The van der Waals surface area contributed by atoms with Crippen molar-refractivity contribution >= 4 is 23.8 Å². The predicted molar refractivity (Wildman–Crippen MR) is 94.2 cm³/mol. The summed E-state index contributed by atoms with van der Waals surface area (Å²) in [6.07, 6.45) is 0. The monoisotopic (exact) mass is 374 g/mol. The Labute approximate surface area is 154 Å². The number of nitrogens with one attached hydrogen (secondary N) is 2. The van der Waals surface area contributed by atoms with Gasteiger partial charge in [-0.1, -0.05) is 36.0 Å². The van der Waals surface area contributed by atoms with Crippen LogP contribution in [0, 0.1) is 6.92 Å². The van der Waals surface area contributed by atoms with Crippen LogP contribution in [0.25, 0.3) is 0 Å². The number of rotatable bonds is 5. The molecule has 2 heterocycles. The van der Waals surface area contributed by atoms with Crippen LogP contribution >= 0.6 is 11.8 Å². The van der Waals surface area contributed by atoms with Crippen molar-refractivity contribution in [2.75, 3.05) is 12.9 Å². The van der Waals surface area contributed by atoms with E-state index in [-0.39, 0.29) is 6.03 Å². The largest absolute Gasteiger partial charge is 0.466 e. The molecule has 0 aliphatic carbocycles. The van der Waals surface area contributed by atoms with E-state index < -0.39 is 12.0 Å². The topological polar surface area (TPSA) is 111 Å². The van der Waals surface area contributed by atoms with Crippen molar-refractivity contribution in [1.29, 1.82) is 0 Å². The summed E-state index contributed by atoms with van der Waals surface area (Å²) in [6, 6.07) is 6.61. The average Bonchev–Trinajstić information content (AvgIpc) is 3.04. The lowest BCUT2D eigenvalue weighted by Gasteiger charge is -2.29. The maximum absolute atomic E-state index is 12.5. The normalized spacial score (nSPS) is 16.9. The van der Waals surface area contributed by atoms with E-state index >= 15 is 0 Å². The quantitative estimate of drug-likeness (QED) is 0.595. The number of carbonyl (C=O) groups is 2. The van der Waals surface area contributed by atoms with Crippen molar-refractivity contribution in [1.82, 2.24) is 30.8 Å².